The Morgan fingerprint density at radius 3 is 2.91 bits per heavy atom. The van der Waals surface area contributed by atoms with Crippen molar-refractivity contribution in [3.05, 3.63) is 58.8 Å². The molecule has 1 saturated heterocycles. The highest BCUT2D eigenvalue weighted by Crippen LogP contribution is 2.34. The Hall–Kier alpha value is -2.93. The van der Waals surface area contributed by atoms with E-state index in [0.717, 1.165) is 49.2 Å². The van der Waals surface area contributed by atoms with Crippen LogP contribution in [0.4, 0.5) is 5.69 Å². The normalized spacial score (nSPS) is 18.8. The molecule has 3 N–H and O–H groups in total. The first-order chi connectivity index (χ1) is 15.6. The third-order valence-corrected chi connectivity index (χ3v) is 6.40. The van der Waals surface area contributed by atoms with Gasteiger partial charge in [-0.15, -0.1) is 0 Å². The van der Waals surface area contributed by atoms with Crippen molar-refractivity contribution in [1.82, 2.24) is 14.9 Å². The Morgan fingerprint density at radius 2 is 2.16 bits per heavy atom. The maximum Gasteiger partial charge on any atom is 0.271 e. The summed E-state index contributed by atoms with van der Waals surface area (Å²) in [5.74, 6) is 0.618. The summed E-state index contributed by atoms with van der Waals surface area (Å²) in [6.45, 7) is 4.66. The number of anilines is 1. The largest absolute Gasteiger partial charge is 0.362 e. The smallest absolute Gasteiger partial charge is 0.271 e. The number of nitrogens with zero attached hydrogens (tertiary/aromatic N) is 3. The monoisotopic (exact) mass is 435 g/mol. The van der Waals surface area contributed by atoms with Gasteiger partial charge in [0.05, 0.1) is 0 Å². The lowest BCUT2D eigenvalue weighted by Crippen LogP contribution is -2.51. The number of piperidine rings is 1. The lowest BCUT2D eigenvalue weighted by molar-refractivity contribution is -0.127. The summed E-state index contributed by atoms with van der Waals surface area (Å²) < 4.78 is 0. The quantitative estimate of drug-likeness (QED) is 0.622. The standard InChI is InChI=1S/C25H33N5O2/c1-2-21-13-19(9-11-27-21)20-14-23(25(32)28-15-20)30(16-18-7-8-18)22-5-4-12-29(17-22)24(31)6-3-10-26/h3,6,9,11,13-15,18,22H,2,4-5,7-8,10,12,16-17,26H2,1H3,(H,28,32)/b6-3+/t22-/m1/s1. The van der Waals surface area contributed by atoms with Crippen molar-refractivity contribution in [3.63, 3.8) is 0 Å². The summed E-state index contributed by atoms with van der Waals surface area (Å²) in [7, 11) is 0. The van der Waals surface area contributed by atoms with Gasteiger partial charge in [0.1, 0.15) is 5.69 Å². The predicted octanol–water partition coefficient (Wildman–Crippen LogP) is 2.72. The molecule has 0 spiro atoms. The van der Waals surface area contributed by atoms with Crippen molar-refractivity contribution < 1.29 is 4.79 Å². The van der Waals surface area contributed by atoms with Crippen molar-refractivity contribution in [3.8, 4) is 11.1 Å². The molecule has 7 heteroatoms. The number of carbonyl (C=O) groups excluding carboxylic acids is 1. The molecular formula is C25H33N5O2. The highest BCUT2D eigenvalue weighted by molar-refractivity contribution is 5.87. The zero-order valence-corrected chi connectivity index (χ0v) is 18.8. The molecule has 2 fully saturated rings. The molecule has 0 bridgehead atoms. The van der Waals surface area contributed by atoms with Crippen molar-refractivity contribution in [2.45, 2.75) is 45.1 Å². The van der Waals surface area contributed by atoms with Gasteiger partial charge in [-0.2, -0.15) is 0 Å². The minimum Gasteiger partial charge on any atom is -0.362 e. The minimum atomic E-state index is -0.0781. The van der Waals surface area contributed by atoms with E-state index in [1.54, 1.807) is 18.3 Å². The molecule has 4 rings (SSSR count). The third-order valence-electron chi connectivity index (χ3n) is 6.40. The Bertz CT molecular complexity index is 1030. The number of rotatable bonds is 8. The van der Waals surface area contributed by atoms with Gasteiger partial charge in [-0.05, 0) is 61.8 Å². The second-order valence-electron chi connectivity index (χ2n) is 8.81. The first-order valence-corrected chi connectivity index (χ1v) is 11.7. The molecule has 0 unspecified atom stereocenters. The van der Waals surface area contributed by atoms with E-state index in [2.05, 4.69) is 27.9 Å². The number of pyridine rings is 2. The Labute approximate surface area is 189 Å². The van der Waals surface area contributed by atoms with Gasteiger partial charge in [0.2, 0.25) is 5.91 Å². The number of nitrogens with one attached hydrogen (secondary N) is 1. The van der Waals surface area contributed by atoms with Crippen LogP contribution in [0.3, 0.4) is 0 Å². The maximum absolute atomic E-state index is 13.0. The molecule has 1 saturated carbocycles. The van der Waals surface area contributed by atoms with Crippen LogP contribution < -0.4 is 16.2 Å². The molecule has 1 atom stereocenters. The van der Waals surface area contributed by atoms with Crippen LogP contribution in [0.2, 0.25) is 0 Å². The van der Waals surface area contributed by atoms with Crippen LogP contribution in [0.25, 0.3) is 11.1 Å². The first-order valence-electron chi connectivity index (χ1n) is 11.7. The SMILES string of the molecule is CCc1cc(-c2c[nH]c(=O)c(N(CC3CC3)[C@@H]3CCCN(C(=O)/C=C/CN)C3)c2)ccn1. The van der Waals surface area contributed by atoms with Crippen LogP contribution in [0.1, 0.15) is 38.3 Å². The summed E-state index contributed by atoms with van der Waals surface area (Å²) in [6, 6.07) is 6.19. The predicted molar refractivity (Wildman–Crippen MR) is 128 cm³/mol. The average Bonchev–Trinajstić information content (AvgIpc) is 3.66. The molecule has 170 valence electrons. The summed E-state index contributed by atoms with van der Waals surface area (Å²) in [5, 5.41) is 0. The lowest BCUT2D eigenvalue weighted by atomic mass is 10.0. The molecule has 2 aromatic rings. The number of H-pyrrole nitrogens is 1. The molecule has 2 aromatic heterocycles. The topological polar surface area (TPSA) is 95.3 Å². The summed E-state index contributed by atoms with van der Waals surface area (Å²) in [4.78, 5) is 37.0. The fraction of sp³-hybridized carbons (Fsp3) is 0.480. The van der Waals surface area contributed by atoms with E-state index in [9.17, 15) is 9.59 Å². The molecule has 3 heterocycles. The van der Waals surface area contributed by atoms with Gasteiger partial charge in [-0.25, -0.2) is 0 Å². The van der Waals surface area contributed by atoms with Crippen LogP contribution >= 0.6 is 0 Å². The van der Waals surface area contributed by atoms with E-state index in [1.807, 2.05) is 23.2 Å². The number of hydrogen-bond acceptors (Lipinski definition) is 5. The molecule has 0 aromatic carbocycles. The molecule has 32 heavy (non-hydrogen) atoms. The van der Waals surface area contributed by atoms with E-state index in [-0.39, 0.29) is 17.5 Å². The average molecular weight is 436 g/mol. The number of amides is 1. The number of likely N-dealkylation sites (tertiary alicyclic amines) is 1. The van der Waals surface area contributed by atoms with E-state index in [0.29, 0.717) is 24.7 Å². The highest BCUT2D eigenvalue weighted by Gasteiger charge is 2.33. The zero-order chi connectivity index (χ0) is 22.5. The first kappa shape index (κ1) is 22.3. The van der Waals surface area contributed by atoms with Crippen LogP contribution in [0.15, 0.2) is 47.5 Å². The van der Waals surface area contributed by atoms with Gasteiger partial charge < -0.3 is 20.5 Å². The third kappa shape index (κ3) is 5.27. The van der Waals surface area contributed by atoms with E-state index >= 15 is 0 Å². The van der Waals surface area contributed by atoms with E-state index in [1.165, 1.54) is 12.8 Å². The maximum atomic E-state index is 13.0. The summed E-state index contributed by atoms with van der Waals surface area (Å²) in [6.07, 6.45) is 12.0. The zero-order valence-electron chi connectivity index (χ0n) is 18.8. The van der Waals surface area contributed by atoms with Crippen molar-refractivity contribution in [2.75, 3.05) is 31.1 Å². The summed E-state index contributed by atoms with van der Waals surface area (Å²) in [5.41, 5.74) is 9.18. The second kappa shape index (κ2) is 10.1. The van der Waals surface area contributed by atoms with Crippen LogP contribution in [-0.2, 0) is 11.2 Å². The Kier molecular flexibility index (Phi) is 7.05. The fourth-order valence-corrected chi connectivity index (χ4v) is 4.41. The molecule has 0 radical (unpaired) electrons. The van der Waals surface area contributed by atoms with Crippen LogP contribution in [0, 0.1) is 5.92 Å². The molecule has 1 aliphatic carbocycles. The van der Waals surface area contributed by atoms with E-state index < -0.39 is 0 Å². The van der Waals surface area contributed by atoms with Gasteiger partial charge in [-0.1, -0.05) is 13.0 Å². The van der Waals surface area contributed by atoms with Gasteiger partial charge >= 0.3 is 0 Å². The summed E-state index contributed by atoms with van der Waals surface area (Å²) >= 11 is 0. The van der Waals surface area contributed by atoms with Gasteiger partial charge in [0.15, 0.2) is 0 Å². The minimum absolute atomic E-state index is 0.00179. The van der Waals surface area contributed by atoms with Crippen LogP contribution in [-0.4, -0.2) is 53.0 Å². The molecule has 1 aliphatic heterocycles. The van der Waals surface area contributed by atoms with Gasteiger partial charge in [0.25, 0.3) is 5.56 Å². The number of aromatic nitrogens is 2. The van der Waals surface area contributed by atoms with Crippen molar-refractivity contribution in [2.24, 2.45) is 11.7 Å². The highest BCUT2D eigenvalue weighted by atomic mass is 16.2. The molecule has 7 nitrogen and oxygen atoms in total. The lowest BCUT2D eigenvalue weighted by Gasteiger charge is -2.40. The second-order valence-corrected chi connectivity index (χ2v) is 8.81. The van der Waals surface area contributed by atoms with Crippen molar-refractivity contribution in [1.29, 1.82) is 0 Å². The number of hydrogen-bond donors (Lipinski definition) is 2. The van der Waals surface area contributed by atoms with Crippen molar-refractivity contribution >= 4 is 11.6 Å². The Morgan fingerprint density at radius 1 is 1.31 bits per heavy atom. The molecule has 2 aliphatic rings. The Balaban J connectivity index is 1.63. The van der Waals surface area contributed by atoms with E-state index in [4.69, 9.17) is 5.73 Å². The fourth-order valence-electron chi connectivity index (χ4n) is 4.41. The molecular weight excluding hydrogens is 402 g/mol. The van der Waals surface area contributed by atoms with Gasteiger partial charge in [0, 0.05) is 61.9 Å². The number of carbonyl (C=O) groups is 1. The van der Waals surface area contributed by atoms with Crippen LogP contribution in [0.5, 0.6) is 0 Å². The number of aromatic amines is 1. The van der Waals surface area contributed by atoms with Gasteiger partial charge in [-0.3, -0.25) is 14.6 Å². The number of nitrogens with two attached hydrogens (primary N) is 1. The molecule has 1 amide bonds. The number of aryl methyl sites for hydroxylation is 1.